The van der Waals surface area contributed by atoms with Crippen molar-refractivity contribution in [3.05, 3.63) is 74.5 Å². The van der Waals surface area contributed by atoms with E-state index >= 15 is 0 Å². The lowest BCUT2D eigenvalue weighted by Crippen LogP contribution is -2.32. The largest absolute Gasteiger partial charge is 0.334 e. The average molecular weight is 388 g/mol. The third kappa shape index (κ3) is 4.17. The highest BCUT2D eigenvalue weighted by molar-refractivity contribution is 7.98. The Balaban J connectivity index is 1.77. The van der Waals surface area contributed by atoms with Gasteiger partial charge in [0.1, 0.15) is 0 Å². The number of aromatic nitrogens is 3. The predicted molar refractivity (Wildman–Crippen MR) is 107 cm³/mol. The van der Waals surface area contributed by atoms with Crippen LogP contribution >= 0.6 is 23.4 Å². The number of rotatable bonds is 5. The average Bonchev–Trinajstić information content (AvgIpc) is 2.62. The molecular formula is C18H18ClN5OS. The summed E-state index contributed by atoms with van der Waals surface area (Å²) < 4.78 is 1.01. The molecule has 0 spiro atoms. The zero-order valence-electron chi connectivity index (χ0n) is 14.4. The molecule has 0 aliphatic rings. The van der Waals surface area contributed by atoms with Gasteiger partial charge < -0.3 is 11.2 Å². The van der Waals surface area contributed by atoms with E-state index in [-0.39, 0.29) is 5.82 Å². The van der Waals surface area contributed by atoms with Crippen LogP contribution in [0.25, 0.3) is 0 Å². The van der Waals surface area contributed by atoms with Gasteiger partial charge in [-0.05, 0) is 43.2 Å². The lowest BCUT2D eigenvalue weighted by Gasteiger charge is -2.11. The van der Waals surface area contributed by atoms with Crippen LogP contribution in [0.5, 0.6) is 0 Å². The Labute approximate surface area is 160 Å². The first-order valence-electron chi connectivity index (χ1n) is 7.90. The van der Waals surface area contributed by atoms with Gasteiger partial charge >= 0.3 is 5.56 Å². The fourth-order valence-corrected chi connectivity index (χ4v) is 3.31. The summed E-state index contributed by atoms with van der Waals surface area (Å²) in [5.41, 5.74) is 3.56. The number of hydrogen-bond acceptors (Lipinski definition) is 6. The topological polar surface area (TPSA) is 85.8 Å². The minimum atomic E-state index is -0.432. The molecule has 0 saturated carbocycles. The van der Waals surface area contributed by atoms with Gasteiger partial charge in [-0.1, -0.05) is 53.2 Å². The number of nitrogens with two attached hydrogens (primary N) is 1. The maximum Gasteiger partial charge on any atom is 0.315 e. The number of thioether (sulfide) groups is 1. The summed E-state index contributed by atoms with van der Waals surface area (Å²) >= 11 is 7.21. The molecule has 0 aliphatic carbocycles. The second-order valence-electron chi connectivity index (χ2n) is 5.86. The van der Waals surface area contributed by atoms with Crippen molar-refractivity contribution < 1.29 is 0 Å². The maximum atomic E-state index is 12.5. The number of anilines is 2. The van der Waals surface area contributed by atoms with Crippen molar-refractivity contribution in [2.45, 2.75) is 24.8 Å². The summed E-state index contributed by atoms with van der Waals surface area (Å²) in [4.78, 5) is 12.5. The van der Waals surface area contributed by atoms with E-state index in [1.54, 1.807) is 0 Å². The quantitative estimate of drug-likeness (QED) is 0.513. The molecule has 0 saturated heterocycles. The zero-order valence-corrected chi connectivity index (χ0v) is 15.9. The van der Waals surface area contributed by atoms with Gasteiger partial charge in [0, 0.05) is 16.5 Å². The first-order chi connectivity index (χ1) is 12.4. The van der Waals surface area contributed by atoms with E-state index in [2.05, 4.69) is 15.5 Å². The number of benzene rings is 2. The highest BCUT2D eigenvalue weighted by atomic mass is 35.5. The SMILES string of the molecule is Cc1ccc(Nc2nnc(SCc3ccc(Cl)cc3)n(N)c2=O)c(C)c1. The van der Waals surface area contributed by atoms with Crippen LogP contribution in [0.4, 0.5) is 11.5 Å². The zero-order chi connectivity index (χ0) is 18.7. The highest BCUT2D eigenvalue weighted by Crippen LogP contribution is 2.21. The molecule has 0 unspecified atom stereocenters. The Hall–Kier alpha value is -2.51. The molecule has 0 radical (unpaired) electrons. The van der Waals surface area contributed by atoms with Crippen LogP contribution in [-0.4, -0.2) is 14.9 Å². The normalized spacial score (nSPS) is 10.7. The van der Waals surface area contributed by atoms with E-state index < -0.39 is 5.56 Å². The standard InChI is InChI=1S/C18H18ClN5OS/c1-11-3-8-15(12(2)9-11)21-16-17(25)24(20)18(23-22-16)26-10-13-4-6-14(19)7-5-13/h3-9H,10,20H2,1-2H3,(H,21,22). The molecule has 3 aromatic rings. The van der Waals surface area contributed by atoms with Crippen LogP contribution in [0.2, 0.25) is 5.02 Å². The molecule has 8 heteroatoms. The van der Waals surface area contributed by atoms with Crippen molar-refractivity contribution in [2.24, 2.45) is 0 Å². The van der Waals surface area contributed by atoms with E-state index in [0.29, 0.717) is 15.9 Å². The van der Waals surface area contributed by atoms with Gasteiger partial charge in [-0.15, -0.1) is 10.2 Å². The van der Waals surface area contributed by atoms with Gasteiger partial charge in [0.25, 0.3) is 0 Å². The Bertz CT molecular complexity index is 988. The van der Waals surface area contributed by atoms with Crippen LogP contribution in [0.3, 0.4) is 0 Å². The summed E-state index contributed by atoms with van der Waals surface area (Å²) in [7, 11) is 0. The summed E-state index contributed by atoms with van der Waals surface area (Å²) in [6.07, 6.45) is 0. The molecule has 0 atom stereocenters. The van der Waals surface area contributed by atoms with E-state index in [4.69, 9.17) is 17.4 Å². The second-order valence-corrected chi connectivity index (χ2v) is 7.24. The van der Waals surface area contributed by atoms with Gasteiger partial charge in [0.2, 0.25) is 11.0 Å². The fraction of sp³-hybridized carbons (Fsp3) is 0.167. The van der Waals surface area contributed by atoms with Gasteiger partial charge in [0.15, 0.2) is 0 Å². The molecule has 0 aliphatic heterocycles. The van der Waals surface area contributed by atoms with Crippen molar-refractivity contribution >= 4 is 34.9 Å². The van der Waals surface area contributed by atoms with E-state index in [1.165, 1.54) is 11.8 Å². The molecule has 1 aromatic heterocycles. The van der Waals surface area contributed by atoms with Gasteiger partial charge in [-0.2, -0.15) is 4.68 Å². The van der Waals surface area contributed by atoms with Gasteiger partial charge in [0.05, 0.1) is 0 Å². The number of halogens is 1. The number of nitrogens with one attached hydrogen (secondary N) is 1. The molecule has 0 bridgehead atoms. The van der Waals surface area contributed by atoms with Crippen LogP contribution in [-0.2, 0) is 5.75 Å². The minimum absolute atomic E-state index is 0.0929. The summed E-state index contributed by atoms with van der Waals surface area (Å²) in [6.45, 7) is 3.97. The molecule has 1 heterocycles. The molecule has 3 rings (SSSR count). The molecule has 0 amide bonds. The van der Waals surface area contributed by atoms with E-state index in [9.17, 15) is 4.79 Å². The van der Waals surface area contributed by atoms with Crippen molar-refractivity contribution in [1.82, 2.24) is 14.9 Å². The fourth-order valence-electron chi connectivity index (χ4n) is 2.37. The van der Waals surface area contributed by atoms with Crippen LogP contribution in [0, 0.1) is 13.8 Å². The van der Waals surface area contributed by atoms with Crippen LogP contribution in [0.1, 0.15) is 16.7 Å². The maximum absolute atomic E-state index is 12.5. The lowest BCUT2D eigenvalue weighted by molar-refractivity contribution is 0.705. The number of nitrogen functional groups attached to an aromatic ring is 1. The van der Waals surface area contributed by atoms with Crippen molar-refractivity contribution in [3.63, 3.8) is 0 Å². The third-order valence-electron chi connectivity index (χ3n) is 3.78. The molecule has 6 nitrogen and oxygen atoms in total. The second kappa shape index (κ2) is 7.80. The molecule has 26 heavy (non-hydrogen) atoms. The van der Waals surface area contributed by atoms with Gasteiger partial charge in [-0.25, -0.2) is 0 Å². The predicted octanol–water partition coefficient (Wildman–Crippen LogP) is 3.66. The number of nitrogens with zero attached hydrogens (tertiary/aromatic N) is 3. The number of aryl methyl sites for hydroxylation is 2. The summed E-state index contributed by atoms with van der Waals surface area (Å²) in [5, 5.41) is 12.1. The Morgan fingerprint density at radius 3 is 2.58 bits per heavy atom. The number of hydrogen-bond donors (Lipinski definition) is 2. The van der Waals surface area contributed by atoms with Crippen LogP contribution in [0.15, 0.2) is 52.4 Å². The van der Waals surface area contributed by atoms with E-state index in [1.807, 2.05) is 56.3 Å². The summed E-state index contributed by atoms with van der Waals surface area (Å²) in [6, 6.07) is 13.3. The van der Waals surface area contributed by atoms with Crippen molar-refractivity contribution in [2.75, 3.05) is 11.2 Å². The molecule has 134 valence electrons. The minimum Gasteiger partial charge on any atom is -0.334 e. The Morgan fingerprint density at radius 1 is 1.15 bits per heavy atom. The smallest absolute Gasteiger partial charge is 0.315 e. The molecular weight excluding hydrogens is 370 g/mol. The van der Waals surface area contributed by atoms with Crippen molar-refractivity contribution in [1.29, 1.82) is 0 Å². The first kappa shape index (κ1) is 18.3. The Kier molecular flexibility index (Phi) is 5.49. The molecule has 3 N–H and O–H groups in total. The van der Waals surface area contributed by atoms with E-state index in [0.717, 1.165) is 27.1 Å². The first-order valence-corrected chi connectivity index (χ1v) is 9.27. The lowest BCUT2D eigenvalue weighted by atomic mass is 10.1. The monoisotopic (exact) mass is 387 g/mol. The summed E-state index contributed by atoms with van der Waals surface area (Å²) in [5.74, 6) is 6.60. The van der Waals surface area contributed by atoms with Crippen molar-refractivity contribution in [3.8, 4) is 0 Å². The third-order valence-corrected chi connectivity index (χ3v) is 5.05. The van der Waals surface area contributed by atoms with Crippen LogP contribution < -0.4 is 16.7 Å². The Morgan fingerprint density at radius 2 is 1.88 bits per heavy atom. The molecule has 0 fully saturated rings. The highest BCUT2D eigenvalue weighted by Gasteiger charge is 2.12. The van der Waals surface area contributed by atoms with Gasteiger partial charge in [-0.3, -0.25) is 4.79 Å². The molecule has 2 aromatic carbocycles.